The van der Waals surface area contributed by atoms with Crippen molar-refractivity contribution in [1.82, 2.24) is 4.90 Å². The summed E-state index contributed by atoms with van der Waals surface area (Å²) in [6.45, 7) is -0.185. The number of rotatable bonds is 6. The van der Waals surface area contributed by atoms with Gasteiger partial charge >= 0.3 is 0 Å². The number of hydrogen-bond acceptors (Lipinski definition) is 5. The zero-order valence-corrected chi connectivity index (χ0v) is 16.5. The zero-order chi connectivity index (χ0) is 21.8. The lowest BCUT2D eigenvalue weighted by molar-refractivity contribution is -0.162. The van der Waals surface area contributed by atoms with Crippen molar-refractivity contribution >= 4 is 17.5 Å². The largest absolute Gasteiger partial charge is 0.459 e. The van der Waals surface area contributed by atoms with Gasteiger partial charge in [0.25, 0.3) is 5.91 Å². The molecule has 0 bridgehead atoms. The Morgan fingerprint density at radius 3 is 2.52 bits per heavy atom. The molecule has 0 spiro atoms. The summed E-state index contributed by atoms with van der Waals surface area (Å²) >= 11 is 0. The molecule has 0 saturated carbocycles. The Balaban J connectivity index is 1.49. The highest BCUT2D eigenvalue weighted by atomic mass is 19.1. The third-order valence-electron chi connectivity index (χ3n) is 5.15. The van der Waals surface area contributed by atoms with E-state index >= 15 is 0 Å². The Hall–Kier alpha value is -3.49. The third-order valence-corrected chi connectivity index (χ3v) is 5.15. The van der Waals surface area contributed by atoms with Gasteiger partial charge in [-0.2, -0.15) is 0 Å². The fourth-order valence-electron chi connectivity index (χ4n) is 3.56. The summed E-state index contributed by atoms with van der Waals surface area (Å²) in [4.78, 5) is 26.1. The number of morpholine rings is 1. The van der Waals surface area contributed by atoms with Crippen molar-refractivity contribution in [2.75, 3.05) is 18.5 Å². The molecule has 31 heavy (non-hydrogen) atoms. The van der Waals surface area contributed by atoms with Crippen LogP contribution < -0.4 is 5.32 Å². The maximum absolute atomic E-state index is 13.2. The lowest BCUT2D eigenvalue weighted by atomic mass is 9.98. The molecular weight excluding hydrogens is 403 g/mol. The van der Waals surface area contributed by atoms with Crippen LogP contribution in [-0.4, -0.2) is 41.1 Å². The number of nitrogens with one attached hydrogen (secondary N) is 1. The summed E-state index contributed by atoms with van der Waals surface area (Å²) in [5, 5.41) is 12.7. The highest BCUT2D eigenvalue weighted by Crippen LogP contribution is 2.31. The second-order valence-electron chi connectivity index (χ2n) is 7.18. The average molecular weight is 424 g/mol. The average Bonchev–Trinajstić information content (AvgIpc) is 3.32. The van der Waals surface area contributed by atoms with Crippen molar-refractivity contribution in [1.29, 1.82) is 0 Å². The van der Waals surface area contributed by atoms with E-state index < -0.39 is 12.1 Å². The number of halogens is 1. The predicted octanol–water partition coefficient (Wildman–Crippen LogP) is 3.13. The number of nitrogens with zero attached hydrogens (tertiary/aromatic N) is 1. The van der Waals surface area contributed by atoms with Crippen molar-refractivity contribution < 1.29 is 28.2 Å². The summed E-state index contributed by atoms with van der Waals surface area (Å²) in [5.41, 5.74) is 2.08. The predicted molar refractivity (Wildman–Crippen MR) is 110 cm³/mol. The Bertz CT molecular complexity index is 1030. The summed E-state index contributed by atoms with van der Waals surface area (Å²) in [6, 6.07) is 15.5. The molecule has 3 aromatic rings. The van der Waals surface area contributed by atoms with Crippen LogP contribution in [0.3, 0.4) is 0 Å². The monoisotopic (exact) mass is 424 g/mol. The van der Waals surface area contributed by atoms with Gasteiger partial charge in [0.15, 0.2) is 5.76 Å². The fraction of sp³-hybridized carbons (Fsp3) is 0.217. The fourth-order valence-corrected chi connectivity index (χ4v) is 3.56. The molecule has 160 valence electrons. The van der Waals surface area contributed by atoms with Crippen molar-refractivity contribution in [3.8, 4) is 0 Å². The van der Waals surface area contributed by atoms with E-state index in [0.29, 0.717) is 5.69 Å². The van der Waals surface area contributed by atoms with Gasteiger partial charge in [-0.1, -0.05) is 24.3 Å². The Kier molecular flexibility index (Phi) is 6.11. The number of carbonyl (C=O) groups is 2. The van der Waals surface area contributed by atoms with Gasteiger partial charge in [0, 0.05) is 12.2 Å². The second kappa shape index (κ2) is 9.11. The van der Waals surface area contributed by atoms with Gasteiger partial charge in [0.1, 0.15) is 18.5 Å². The van der Waals surface area contributed by atoms with Gasteiger partial charge in [-0.25, -0.2) is 4.39 Å². The molecular formula is C23H21FN2O5. The number of hydrogen-bond donors (Lipinski definition) is 2. The molecule has 4 rings (SSSR count). The SMILES string of the molecule is O=C(Nc1ccc(C2OCC(=O)N(Cc3ccc(F)cc3)C2CO)cc1)c1ccco1. The van der Waals surface area contributed by atoms with Crippen molar-refractivity contribution in [3.63, 3.8) is 0 Å². The number of aliphatic hydroxyl groups is 1. The first-order valence-corrected chi connectivity index (χ1v) is 9.76. The van der Waals surface area contributed by atoms with Crippen LogP contribution in [0.5, 0.6) is 0 Å². The van der Waals surface area contributed by atoms with Gasteiger partial charge in [-0.05, 0) is 47.5 Å². The molecule has 8 heteroatoms. The van der Waals surface area contributed by atoms with Gasteiger partial charge in [0.05, 0.1) is 18.9 Å². The van der Waals surface area contributed by atoms with E-state index in [-0.39, 0.29) is 43.2 Å². The van der Waals surface area contributed by atoms with Crippen LogP contribution >= 0.6 is 0 Å². The van der Waals surface area contributed by atoms with Crippen LogP contribution in [0, 0.1) is 5.82 Å². The van der Waals surface area contributed by atoms with E-state index in [1.165, 1.54) is 18.4 Å². The van der Waals surface area contributed by atoms with E-state index in [1.54, 1.807) is 53.4 Å². The highest BCUT2D eigenvalue weighted by molar-refractivity contribution is 6.02. The molecule has 2 aromatic carbocycles. The molecule has 2 amide bonds. The van der Waals surface area contributed by atoms with E-state index in [0.717, 1.165) is 11.1 Å². The van der Waals surface area contributed by atoms with E-state index in [9.17, 15) is 19.1 Å². The molecule has 1 aliphatic rings. The molecule has 2 N–H and O–H groups in total. The first-order valence-electron chi connectivity index (χ1n) is 9.76. The molecule has 1 aromatic heterocycles. The highest BCUT2D eigenvalue weighted by Gasteiger charge is 2.37. The summed E-state index contributed by atoms with van der Waals surface area (Å²) < 4.78 is 24.0. The Morgan fingerprint density at radius 1 is 1.13 bits per heavy atom. The van der Waals surface area contributed by atoms with Crippen LogP contribution in [0.4, 0.5) is 10.1 Å². The summed E-state index contributed by atoms with van der Waals surface area (Å²) in [7, 11) is 0. The van der Waals surface area contributed by atoms with Gasteiger partial charge in [-0.3, -0.25) is 9.59 Å². The van der Waals surface area contributed by atoms with Crippen LogP contribution in [0.2, 0.25) is 0 Å². The minimum absolute atomic E-state index is 0.126. The molecule has 7 nitrogen and oxygen atoms in total. The Labute approximate surface area is 178 Å². The van der Waals surface area contributed by atoms with Crippen LogP contribution in [0.1, 0.15) is 27.8 Å². The van der Waals surface area contributed by atoms with Gasteiger partial charge in [-0.15, -0.1) is 0 Å². The molecule has 2 unspecified atom stereocenters. The topological polar surface area (TPSA) is 92.0 Å². The van der Waals surface area contributed by atoms with Crippen molar-refractivity contribution in [2.45, 2.75) is 18.7 Å². The van der Waals surface area contributed by atoms with Crippen LogP contribution in [0.25, 0.3) is 0 Å². The third kappa shape index (κ3) is 4.65. The Morgan fingerprint density at radius 2 is 1.87 bits per heavy atom. The van der Waals surface area contributed by atoms with Crippen molar-refractivity contribution in [3.05, 3.63) is 89.6 Å². The number of benzene rings is 2. The van der Waals surface area contributed by atoms with Crippen LogP contribution in [-0.2, 0) is 16.1 Å². The first kappa shape index (κ1) is 20.8. The molecule has 0 aliphatic carbocycles. The quantitative estimate of drug-likeness (QED) is 0.634. The van der Waals surface area contributed by atoms with Crippen LogP contribution in [0.15, 0.2) is 71.3 Å². The summed E-state index contributed by atoms with van der Waals surface area (Å²) in [6.07, 6.45) is 0.880. The van der Waals surface area contributed by atoms with E-state index in [2.05, 4.69) is 5.32 Å². The number of amides is 2. The first-order chi connectivity index (χ1) is 15.0. The number of furan rings is 1. The number of aliphatic hydroxyl groups excluding tert-OH is 1. The standard InChI is InChI=1S/C23H21FN2O5/c24-17-7-3-15(4-8-17)12-26-19(13-27)22(31-14-21(26)28)16-5-9-18(10-6-16)25-23(29)20-2-1-11-30-20/h1-11,19,22,27H,12-14H2,(H,25,29). The summed E-state index contributed by atoms with van der Waals surface area (Å²) in [5.74, 6) is -0.763. The number of anilines is 1. The van der Waals surface area contributed by atoms with Crippen molar-refractivity contribution in [2.24, 2.45) is 0 Å². The minimum Gasteiger partial charge on any atom is -0.459 e. The second-order valence-corrected chi connectivity index (χ2v) is 7.18. The normalized spacial score (nSPS) is 18.8. The molecule has 1 aliphatic heterocycles. The molecule has 1 saturated heterocycles. The molecule has 2 atom stereocenters. The van der Waals surface area contributed by atoms with E-state index in [4.69, 9.17) is 9.15 Å². The van der Waals surface area contributed by atoms with E-state index in [1.807, 2.05) is 0 Å². The maximum Gasteiger partial charge on any atom is 0.291 e. The minimum atomic E-state index is -0.602. The smallest absolute Gasteiger partial charge is 0.291 e. The van der Waals surface area contributed by atoms with Gasteiger partial charge in [0.2, 0.25) is 5.91 Å². The molecule has 2 heterocycles. The lowest BCUT2D eigenvalue weighted by Gasteiger charge is -2.40. The van der Waals surface area contributed by atoms with Gasteiger partial charge < -0.3 is 24.5 Å². The molecule has 1 fully saturated rings. The number of carbonyl (C=O) groups excluding carboxylic acids is 2. The molecule has 0 radical (unpaired) electrons. The lowest BCUT2D eigenvalue weighted by Crippen LogP contribution is -2.52. The zero-order valence-electron chi connectivity index (χ0n) is 16.5. The number of ether oxygens (including phenoxy) is 1. The maximum atomic E-state index is 13.2.